The summed E-state index contributed by atoms with van der Waals surface area (Å²) in [6.07, 6.45) is 4.81. The van der Waals surface area contributed by atoms with E-state index in [4.69, 9.17) is 5.73 Å². The third kappa shape index (κ3) is 3.91. The zero-order chi connectivity index (χ0) is 7.11. The van der Waals surface area contributed by atoms with Gasteiger partial charge in [-0.2, -0.15) is 0 Å². The van der Waals surface area contributed by atoms with E-state index in [1.165, 1.54) is 0 Å². The molecule has 0 bridgehead atoms. The summed E-state index contributed by atoms with van der Waals surface area (Å²) < 4.78 is 2.02. The first-order chi connectivity index (χ1) is 4.35. The van der Waals surface area contributed by atoms with Crippen LogP contribution in [0.5, 0.6) is 0 Å². The molecule has 0 heterocycles. The molecule has 0 rings (SSSR count). The lowest BCUT2D eigenvalue weighted by Crippen LogP contribution is -2.11. The van der Waals surface area contributed by atoms with Crippen LogP contribution in [-0.4, -0.2) is 23.9 Å². The van der Waals surface area contributed by atoms with Gasteiger partial charge in [0.15, 0.2) is 6.20 Å². The second-order valence-corrected chi connectivity index (χ2v) is 1.82. The van der Waals surface area contributed by atoms with Gasteiger partial charge in [-0.15, -0.1) is 0 Å². The minimum atomic E-state index is 0.748. The predicted octanol–water partition coefficient (Wildman–Crippen LogP) is 0.582. The maximum absolute atomic E-state index is 5.31. The van der Waals surface area contributed by atoms with Crippen LogP contribution in [0, 0.1) is 0 Å². The van der Waals surface area contributed by atoms with Gasteiger partial charge in [-0.1, -0.05) is 0 Å². The molecule has 0 saturated carbocycles. The van der Waals surface area contributed by atoms with Gasteiger partial charge < -0.3 is 5.73 Å². The number of nitrogens with zero attached hydrogens (tertiary/aromatic N) is 1. The molecule has 0 aliphatic carbocycles. The van der Waals surface area contributed by atoms with Gasteiger partial charge in [0, 0.05) is 13.3 Å². The van der Waals surface area contributed by atoms with E-state index in [1.807, 2.05) is 17.7 Å². The third-order valence-corrected chi connectivity index (χ3v) is 1.19. The largest absolute Gasteiger partial charge is 0.330 e. The molecule has 52 valence electrons. The molecule has 0 radical (unpaired) electrons. The van der Waals surface area contributed by atoms with Gasteiger partial charge in [-0.3, -0.25) is 0 Å². The Labute approximate surface area is 56.7 Å². The average Bonchev–Trinajstić information content (AvgIpc) is 1.91. The zero-order valence-electron chi connectivity index (χ0n) is 6.01. The van der Waals surface area contributed by atoms with E-state index in [0.29, 0.717) is 0 Å². The fraction of sp³-hybridized carbons (Fsp3) is 0.571. The molecule has 0 aliphatic heterocycles. The summed E-state index contributed by atoms with van der Waals surface area (Å²) >= 11 is 0. The highest BCUT2D eigenvalue weighted by molar-refractivity contribution is 5.46. The van der Waals surface area contributed by atoms with Crippen LogP contribution in [0.2, 0.25) is 0 Å². The molecule has 0 amide bonds. The van der Waals surface area contributed by atoms with Crippen LogP contribution in [0.4, 0.5) is 0 Å². The fourth-order valence-corrected chi connectivity index (χ4v) is 0.600. The quantitative estimate of drug-likeness (QED) is 0.434. The van der Waals surface area contributed by atoms with Crippen molar-refractivity contribution in [2.24, 2.45) is 5.73 Å². The molecule has 2 N–H and O–H groups in total. The lowest BCUT2D eigenvalue weighted by Gasteiger charge is -1.92. The third-order valence-electron chi connectivity index (χ3n) is 1.19. The number of nitrogens with two attached hydrogens (primary N) is 1. The smallest absolute Gasteiger partial charge is 0.161 e. The van der Waals surface area contributed by atoms with E-state index in [0.717, 1.165) is 19.5 Å². The topological polar surface area (TPSA) is 29.0 Å². The highest BCUT2D eigenvalue weighted by Gasteiger charge is 1.92. The van der Waals surface area contributed by atoms with Crippen LogP contribution in [-0.2, 0) is 0 Å². The lowest BCUT2D eigenvalue weighted by atomic mass is 10.4. The molecule has 0 unspecified atom stereocenters. The number of rotatable bonds is 4. The van der Waals surface area contributed by atoms with Crippen LogP contribution in [0.15, 0.2) is 12.8 Å². The van der Waals surface area contributed by atoms with Gasteiger partial charge in [0.2, 0.25) is 0 Å². The van der Waals surface area contributed by atoms with Crippen LogP contribution >= 0.6 is 0 Å². The van der Waals surface area contributed by atoms with Crippen molar-refractivity contribution < 1.29 is 4.58 Å². The van der Waals surface area contributed by atoms with E-state index in [2.05, 4.69) is 6.58 Å². The van der Waals surface area contributed by atoms with Crippen LogP contribution in [0.25, 0.3) is 0 Å². The maximum atomic E-state index is 5.31. The van der Waals surface area contributed by atoms with Gasteiger partial charge in [0.05, 0.1) is 0 Å². The van der Waals surface area contributed by atoms with Gasteiger partial charge >= 0.3 is 0 Å². The highest BCUT2D eigenvalue weighted by atomic mass is 15.0. The minimum absolute atomic E-state index is 0.748. The Kier molecular flexibility index (Phi) is 5.12. The van der Waals surface area contributed by atoms with Crippen molar-refractivity contribution in [3.05, 3.63) is 12.8 Å². The highest BCUT2D eigenvalue weighted by Crippen LogP contribution is 1.78. The monoisotopic (exact) mass is 127 g/mol. The first-order valence-electron chi connectivity index (χ1n) is 3.23. The van der Waals surface area contributed by atoms with Crippen molar-refractivity contribution in [1.29, 1.82) is 0 Å². The fourth-order valence-electron chi connectivity index (χ4n) is 0.600. The summed E-state index contributed by atoms with van der Waals surface area (Å²) in [6.45, 7) is 7.35. The van der Waals surface area contributed by atoms with Crippen LogP contribution in [0.1, 0.15) is 13.3 Å². The zero-order valence-corrected chi connectivity index (χ0v) is 6.01. The summed E-state index contributed by atoms with van der Waals surface area (Å²) in [5.41, 5.74) is 5.31. The Bertz CT molecular complexity index is 105. The lowest BCUT2D eigenvalue weighted by molar-refractivity contribution is -0.452. The first-order valence-corrected chi connectivity index (χ1v) is 3.23. The molecule has 0 aromatic carbocycles. The van der Waals surface area contributed by atoms with E-state index in [-0.39, 0.29) is 0 Å². The second-order valence-electron chi connectivity index (χ2n) is 1.82. The Morgan fingerprint density at radius 3 is 2.67 bits per heavy atom. The molecule has 0 aromatic heterocycles. The Hall–Kier alpha value is -0.630. The maximum Gasteiger partial charge on any atom is 0.161 e. The molecule has 0 aliphatic rings. The average molecular weight is 127 g/mol. The Morgan fingerprint density at radius 1 is 1.67 bits per heavy atom. The number of hydrogen-bond acceptors (Lipinski definition) is 1. The molecule has 9 heavy (non-hydrogen) atoms. The molecular formula is C7H15N2+. The Morgan fingerprint density at radius 2 is 2.33 bits per heavy atom. The van der Waals surface area contributed by atoms with Crippen molar-refractivity contribution in [2.75, 3.05) is 13.1 Å². The van der Waals surface area contributed by atoms with Crippen LogP contribution < -0.4 is 5.73 Å². The molecule has 2 heteroatoms. The molecule has 2 nitrogen and oxygen atoms in total. The summed E-state index contributed by atoms with van der Waals surface area (Å²) in [5.74, 6) is 0. The summed E-state index contributed by atoms with van der Waals surface area (Å²) in [4.78, 5) is 0. The van der Waals surface area contributed by atoms with Gasteiger partial charge in [0.1, 0.15) is 12.8 Å². The summed E-state index contributed by atoms with van der Waals surface area (Å²) in [6, 6.07) is 0. The predicted molar refractivity (Wildman–Crippen MR) is 40.7 cm³/mol. The van der Waals surface area contributed by atoms with E-state index in [1.54, 1.807) is 6.20 Å². The minimum Gasteiger partial charge on any atom is -0.330 e. The van der Waals surface area contributed by atoms with Gasteiger partial charge in [-0.25, -0.2) is 4.58 Å². The van der Waals surface area contributed by atoms with E-state index >= 15 is 0 Å². The Balaban J connectivity index is 3.45. The molecule has 0 spiro atoms. The van der Waals surface area contributed by atoms with Crippen molar-refractivity contribution in [1.82, 2.24) is 0 Å². The second kappa shape index (κ2) is 5.51. The van der Waals surface area contributed by atoms with E-state index < -0.39 is 0 Å². The van der Waals surface area contributed by atoms with Crippen molar-refractivity contribution in [3.63, 3.8) is 0 Å². The SMILES string of the molecule is C=C[N+](=CC)CCCN. The van der Waals surface area contributed by atoms with Gasteiger partial charge in [0.25, 0.3) is 0 Å². The molecular weight excluding hydrogens is 112 g/mol. The van der Waals surface area contributed by atoms with Crippen molar-refractivity contribution >= 4 is 6.21 Å². The van der Waals surface area contributed by atoms with Crippen molar-refractivity contribution in [2.45, 2.75) is 13.3 Å². The molecule has 0 fully saturated rings. The molecule has 0 saturated heterocycles. The summed E-state index contributed by atoms with van der Waals surface area (Å²) in [7, 11) is 0. The molecule has 0 aromatic rings. The summed E-state index contributed by atoms with van der Waals surface area (Å²) in [5, 5.41) is 0. The standard InChI is InChI=1S/C7H15N2/c1-3-9(4-2)7-5-6-8/h3-4H,1,5-8H2,2H3/q+1. The van der Waals surface area contributed by atoms with Gasteiger partial charge in [-0.05, 0) is 13.1 Å². The van der Waals surface area contributed by atoms with Crippen LogP contribution in [0.3, 0.4) is 0 Å². The van der Waals surface area contributed by atoms with Crippen molar-refractivity contribution in [3.8, 4) is 0 Å². The first kappa shape index (κ1) is 8.37. The normalized spacial score (nSPS) is 11.6. The number of hydrogen-bond donors (Lipinski definition) is 1. The molecule has 0 atom stereocenters. The van der Waals surface area contributed by atoms with E-state index in [9.17, 15) is 0 Å².